The average Bonchev–Trinajstić information content (AvgIpc) is 3.41. The van der Waals surface area contributed by atoms with Gasteiger partial charge in [-0.1, -0.05) is 12.5 Å². The lowest BCUT2D eigenvalue weighted by Crippen LogP contribution is -2.33. The molecule has 5 nitrogen and oxygen atoms in total. The van der Waals surface area contributed by atoms with Gasteiger partial charge in [-0.05, 0) is 92.0 Å². The van der Waals surface area contributed by atoms with Gasteiger partial charge in [-0.2, -0.15) is 0 Å². The van der Waals surface area contributed by atoms with Gasteiger partial charge in [0.25, 0.3) is 0 Å². The van der Waals surface area contributed by atoms with Crippen molar-refractivity contribution in [2.75, 3.05) is 39.6 Å². The molecule has 1 aliphatic heterocycles. The molecule has 1 aliphatic rings. The third-order valence-electron chi connectivity index (χ3n) is 6.48. The van der Waals surface area contributed by atoms with Crippen LogP contribution < -0.4 is 14.2 Å². The molecule has 2 heterocycles. The van der Waals surface area contributed by atoms with Gasteiger partial charge in [0, 0.05) is 28.6 Å². The van der Waals surface area contributed by atoms with Gasteiger partial charge in [-0.3, -0.25) is 9.11 Å². The van der Waals surface area contributed by atoms with Crippen LogP contribution in [-0.4, -0.2) is 48.7 Å². The van der Waals surface area contributed by atoms with Gasteiger partial charge < -0.3 is 14.2 Å². The topological polar surface area (TPSA) is 48.0 Å². The van der Waals surface area contributed by atoms with Crippen LogP contribution in [-0.2, 0) is 10.8 Å². The molecule has 0 spiro atoms. The lowest BCUT2D eigenvalue weighted by Gasteiger charge is -2.26. The van der Waals surface area contributed by atoms with Crippen molar-refractivity contribution in [3.05, 3.63) is 66.7 Å². The molecule has 36 heavy (non-hydrogen) atoms. The van der Waals surface area contributed by atoms with Crippen molar-refractivity contribution in [3.8, 4) is 33.4 Å². The number of hydrogen-bond donors (Lipinski definition) is 0. The minimum absolute atomic E-state index is 0.690. The molecule has 0 amide bonds. The van der Waals surface area contributed by atoms with E-state index in [1.165, 1.54) is 43.7 Å². The second-order valence-electron chi connectivity index (χ2n) is 8.93. The second-order valence-corrected chi connectivity index (χ2v) is 11.6. The maximum absolute atomic E-state index is 12.0. The summed E-state index contributed by atoms with van der Waals surface area (Å²) in [6, 6.07) is 21.9. The summed E-state index contributed by atoms with van der Waals surface area (Å²) in [4.78, 5) is 3.49. The summed E-state index contributed by atoms with van der Waals surface area (Å²) in [5, 5.41) is 2.02. The third-order valence-corrected chi connectivity index (χ3v) is 9.05. The summed E-state index contributed by atoms with van der Waals surface area (Å²) in [5.74, 6) is 3.14. The van der Waals surface area contributed by atoms with Crippen molar-refractivity contribution in [1.82, 2.24) is 4.90 Å². The zero-order valence-corrected chi connectivity index (χ0v) is 22.3. The number of ether oxygens (including phenoxy) is 3. The van der Waals surface area contributed by atoms with Gasteiger partial charge in [0.2, 0.25) is 0 Å². The van der Waals surface area contributed by atoms with Gasteiger partial charge in [-0.15, -0.1) is 11.3 Å². The number of piperidine rings is 1. The van der Waals surface area contributed by atoms with E-state index < -0.39 is 10.8 Å². The molecule has 0 saturated carbocycles. The summed E-state index contributed by atoms with van der Waals surface area (Å²) in [6.07, 6.45) is 5.63. The van der Waals surface area contributed by atoms with E-state index in [1.54, 1.807) is 13.4 Å². The van der Waals surface area contributed by atoms with E-state index in [2.05, 4.69) is 17.0 Å². The molecule has 4 aromatic rings. The largest absolute Gasteiger partial charge is 0.497 e. The Balaban J connectivity index is 1.38. The Morgan fingerprint density at radius 3 is 2.36 bits per heavy atom. The summed E-state index contributed by atoms with van der Waals surface area (Å²) >= 11 is 1.53. The Labute approximate surface area is 219 Å². The monoisotopic (exact) mass is 521 g/mol. The number of nitrogens with zero attached hydrogens (tertiary/aromatic N) is 1. The fraction of sp³-hybridized carbons (Fsp3) is 0.310. The van der Waals surface area contributed by atoms with Gasteiger partial charge in [0.15, 0.2) is 0 Å². The average molecular weight is 522 g/mol. The van der Waals surface area contributed by atoms with E-state index in [1.807, 2.05) is 54.6 Å². The molecule has 3 aromatic carbocycles. The Morgan fingerprint density at radius 2 is 1.64 bits per heavy atom. The van der Waals surface area contributed by atoms with Crippen molar-refractivity contribution >= 4 is 32.9 Å². The molecule has 0 bridgehead atoms. The normalized spacial score (nSPS) is 15.1. The summed E-state index contributed by atoms with van der Waals surface area (Å²) in [6.45, 7) is 4.01. The van der Waals surface area contributed by atoms with Crippen molar-refractivity contribution in [2.45, 2.75) is 23.5 Å². The molecule has 5 rings (SSSR count). The van der Waals surface area contributed by atoms with Gasteiger partial charge >= 0.3 is 0 Å². The molecule has 188 valence electrons. The maximum Gasteiger partial charge on any atom is 0.143 e. The summed E-state index contributed by atoms with van der Waals surface area (Å²) in [7, 11) is 0.647. The molecule has 1 atom stereocenters. The molecule has 0 aliphatic carbocycles. The minimum atomic E-state index is -1.02. The number of rotatable bonds is 9. The second kappa shape index (κ2) is 11.5. The van der Waals surface area contributed by atoms with Crippen LogP contribution >= 0.6 is 11.3 Å². The van der Waals surface area contributed by atoms with Crippen LogP contribution in [0, 0.1) is 0 Å². The molecular weight excluding hydrogens is 490 g/mol. The van der Waals surface area contributed by atoms with Crippen molar-refractivity contribution < 1.29 is 18.4 Å². The first-order chi connectivity index (χ1) is 17.6. The van der Waals surface area contributed by atoms with Crippen molar-refractivity contribution in [2.24, 2.45) is 0 Å². The Hall–Kier alpha value is -2.87. The van der Waals surface area contributed by atoms with Gasteiger partial charge in [0.1, 0.15) is 29.6 Å². The fourth-order valence-electron chi connectivity index (χ4n) is 4.53. The third kappa shape index (κ3) is 5.75. The van der Waals surface area contributed by atoms with Crippen LogP contribution in [0.25, 0.3) is 21.2 Å². The highest BCUT2D eigenvalue weighted by molar-refractivity contribution is 7.86. The van der Waals surface area contributed by atoms with Crippen LogP contribution in [0.15, 0.2) is 70.9 Å². The molecule has 7 heteroatoms. The Kier molecular flexibility index (Phi) is 7.90. The number of methoxy groups -OCH3 is 1. The molecular formula is C29H31NO4S2. The number of thiophene rings is 1. The smallest absolute Gasteiger partial charge is 0.143 e. The molecule has 1 fully saturated rings. The fourth-order valence-corrected chi connectivity index (χ4v) is 6.29. The van der Waals surface area contributed by atoms with Crippen LogP contribution in [0.5, 0.6) is 23.0 Å². The molecule has 1 saturated heterocycles. The predicted molar refractivity (Wildman–Crippen MR) is 148 cm³/mol. The minimum Gasteiger partial charge on any atom is -0.497 e. The zero-order valence-electron chi connectivity index (χ0n) is 20.7. The first-order valence-corrected chi connectivity index (χ1v) is 14.7. The lowest BCUT2D eigenvalue weighted by molar-refractivity contribution is 0.183. The van der Waals surface area contributed by atoms with Gasteiger partial charge in [0.05, 0.1) is 22.1 Å². The zero-order chi connectivity index (χ0) is 24.9. The van der Waals surface area contributed by atoms with E-state index >= 15 is 0 Å². The number of hydrogen-bond acceptors (Lipinski definition) is 6. The van der Waals surface area contributed by atoms with E-state index in [9.17, 15) is 4.21 Å². The number of likely N-dealkylation sites (tertiary alicyclic amines) is 1. The Bertz CT molecular complexity index is 1340. The first-order valence-electron chi connectivity index (χ1n) is 12.3. The predicted octanol–water partition coefficient (Wildman–Crippen LogP) is 6.97. The SMILES string of the molecule is COc1ccc2c(Oc3ccc(OCCN4CCCCC4)cc3)c(-c3ccc(S(C)=O)s3)ccc2c1. The summed E-state index contributed by atoms with van der Waals surface area (Å²) in [5.41, 5.74) is 0.969. The van der Waals surface area contributed by atoms with Crippen LogP contribution in [0.2, 0.25) is 0 Å². The van der Waals surface area contributed by atoms with E-state index in [0.29, 0.717) is 6.61 Å². The van der Waals surface area contributed by atoms with Crippen molar-refractivity contribution in [1.29, 1.82) is 0 Å². The van der Waals surface area contributed by atoms with Gasteiger partial charge in [-0.25, -0.2) is 0 Å². The summed E-state index contributed by atoms with van der Waals surface area (Å²) < 4.78 is 30.8. The van der Waals surface area contributed by atoms with E-state index in [-0.39, 0.29) is 0 Å². The molecule has 0 radical (unpaired) electrons. The van der Waals surface area contributed by atoms with Crippen LogP contribution in [0.3, 0.4) is 0 Å². The maximum atomic E-state index is 12.0. The lowest BCUT2D eigenvalue weighted by atomic mass is 10.0. The highest BCUT2D eigenvalue weighted by Gasteiger charge is 2.16. The standard InChI is InChI=1S/C29H31NO4S2/c1-32-24-11-13-25-21(20-24)6-12-26(27-14-15-28(35-27)36(2)31)29(25)34-23-9-7-22(8-10-23)33-19-18-30-16-4-3-5-17-30/h6-15,20H,3-5,16-19H2,1-2H3. The van der Waals surface area contributed by atoms with Crippen LogP contribution in [0.4, 0.5) is 0 Å². The molecule has 0 N–H and O–H groups in total. The molecule has 1 aromatic heterocycles. The van der Waals surface area contributed by atoms with Crippen molar-refractivity contribution in [3.63, 3.8) is 0 Å². The highest BCUT2D eigenvalue weighted by Crippen LogP contribution is 2.43. The quantitative estimate of drug-likeness (QED) is 0.238. The number of fused-ring (bicyclic) bond motifs is 1. The van der Waals surface area contributed by atoms with E-state index in [4.69, 9.17) is 14.2 Å². The first kappa shape index (κ1) is 24.8. The van der Waals surface area contributed by atoms with Crippen LogP contribution in [0.1, 0.15) is 19.3 Å². The highest BCUT2D eigenvalue weighted by atomic mass is 32.2. The molecule has 1 unspecified atom stereocenters. The van der Waals surface area contributed by atoms with E-state index in [0.717, 1.165) is 55.0 Å². The number of benzene rings is 3. The Morgan fingerprint density at radius 1 is 0.889 bits per heavy atom.